The number of ether oxygens (including phenoxy) is 3. The molecule has 3 rings (SSSR count). The van der Waals surface area contributed by atoms with Gasteiger partial charge in [0.2, 0.25) is 0 Å². The monoisotopic (exact) mass is 451 g/mol. The average molecular weight is 451 g/mol. The quantitative estimate of drug-likeness (QED) is 0.360. The second-order valence-electron chi connectivity index (χ2n) is 7.11. The molecule has 3 aromatic carbocycles. The number of ketones is 1. The van der Waals surface area contributed by atoms with Gasteiger partial charge in [-0.3, -0.25) is 4.79 Å². The first-order valence-corrected chi connectivity index (χ1v) is 11.1. The van der Waals surface area contributed by atoms with Crippen LogP contribution in [0.25, 0.3) is 0 Å². The van der Waals surface area contributed by atoms with E-state index in [2.05, 4.69) is 0 Å². The first kappa shape index (κ1) is 23.2. The van der Waals surface area contributed by atoms with Crippen LogP contribution in [0.15, 0.2) is 54.6 Å². The van der Waals surface area contributed by atoms with Crippen molar-refractivity contribution in [3.05, 3.63) is 82.4 Å². The first-order chi connectivity index (χ1) is 15.3. The third-order valence-corrected chi connectivity index (χ3v) is 6.68. The molecule has 0 aliphatic rings. The zero-order valence-corrected chi connectivity index (χ0v) is 19.5. The van der Waals surface area contributed by atoms with Crippen LogP contribution in [0.3, 0.4) is 0 Å². The standard InChI is InChI=1S/C25H24O6P/c1-15-11-12-19(23(26)17-9-7-6-8-10-17)16(2)22(15)25(27)32(28)24-20(30-4)13-18(29-3)14-21(24)31-5/h6-14H,1-5H3/q+1. The first-order valence-electron chi connectivity index (χ1n) is 9.85. The normalized spacial score (nSPS) is 11.0. The molecule has 1 atom stereocenters. The molecular formula is C25H24O6P+. The van der Waals surface area contributed by atoms with Gasteiger partial charge in [0.25, 0.3) is 5.30 Å². The van der Waals surface area contributed by atoms with Crippen molar-refractivity contribution in [2.45, 2.75) is 13.8 Å². The lowest BCUT2D eigenvalue weighted by molar-refractivity contribution is 0.103. The summed E-state index contributed by atoms with van der Waals surface area (Å²) in [5, 5.41) is 0.148. The second-order valence-corrected chi connectivity index (χ2v) is 8.55. The summed E-state index contributed by atoms with van der Waals surface area (Å²) in [5.41, 5.74) is 1.68. The molecule has 32 heavy (non-hydrogen) atoms. The number of carbonyl (C=O) groups excluding carboxylic acids is 2. The van der Waals surface area contributed by atoms with E-state index in [-0.39, 0.29) is 28.2 Å². The third-order valence-electron chi connectivity index (χ3n) is 5.24. The van der Waals surface area contributed by atoms with Crippen LogP contribution in [-0.4, -0.2) is 32.6 Å². The predicted octanol–water partition coefficient (Wildman–Crippen LogP) is 4.85. The van der Waals surface area contributed by atoms with Crippen molar-refractivity contribution >= 4 is 24.4 Å². The number of hydrogen-bond donors (Lipinski definition) is 0. The maximum Gasteiger partial charge on any atom is 0.466 e. The number of methoxy groups -OCH3 is 3. The molecule has 0 N–H and O–H groups in total. The minimum atomic E-state index is -2.61. The van der Waals surface area contributed by atoms with Gasteiger partial charge in [0.05, 0.1) is 26.9 Å². The van der Waals surface area contributed by atoms with Crippen molar-refractivity contribution in [1.82, 2.24) is 0 Å². The summed E-state index contributed by atoms with van der Waals surface area (Å²) in [6.07, 6.45) is 0. The minimum absolute atomic E-state index is 0.148. The lowest BCUT2D eigenvalue weighted by Gasteiger charge is -2.11. The fraction of sp³-hybridized carbons (Fsp3) is 0.200. The topological polar surface area (TPSA) is 78.9 Å². The summed E-state index contributed by atoms with van der Waals surface area (Å²) in [6.45, 7) is 3.45. The Hall–Kier alpha value is -3.50. The van der Waals surface area contributed by atoms with Gasteiger partial charge in [-0.2, -0.15) is 0 Å². The Kier molecular flexibility index (Phi) is 7.06. The van der Waals surface area contributed by atoms with Crippen molar-refractivity contribution in [2.75, 3.05) is 21.3 Å². The van der Waals surface area contributed by atoms with E-state index in [1.54, 1.807) is 62.4 Å². The molecule has 0 bridgehead atoms. The Labute approximate surface area is 187 Å². The molecular weight excluding hydrogens is 427 g/mol. The molecule has 7 heteroatoms. The van der Waals surface area contributed by atoms with Gasteiger partial charge >= 0.3 is 13.3 Å². The molecule has 0 aliphatic heterocycles. The van der Waals surface area contributed by atoms with Gasteiger partial charge in [-0.05, 0) is 25.0 Å². The Bertz CT molecular complexity index is 1180. The second kappa shape index (κ2) is 9.75. The van der Waals surface area contributed by atoms with Gasteiger partial charge in [-0.1, -0.05) is 47.0 Å². The highest BCUT2D eigenvalue weighted by Crippen LogP contribution is 2.39. The summed E-state index contributed by atoms with van der Waals surface area (Å²) in [4.78, 5) is 26.5. The lowest BCUT2D eigenvalue weighted by Crippen LogP contribution is -2.14. The predicted molar refractivity (Wildman–Crippen MR) is 123 cm³/mol. The molecule has 0 fully saturated rings. The third kappa shape index (κ3) is 4.27. The van der Waals surface area contributed by atoms with Crippen molar-refractivity contribution in [2.24, 2.45) is 0 Å². The van der Waals surface area contributed by atoms with Crippen LogP contribution in [0.1, 0.15) is 37.4 Å². The lowest BCUT2D eigenvalue weighted by atomic mass is 9.93. The highest BCUT2D eigenvalue weighted by atomic mass is 31.1. The number of benzene rings is 3. The SMILES string of the molecule is COc1cc(OC)c([P+](=O)C(=O)c2c(C)ccc(C(=O)c3ccccc3)c2C)c(OC)c1. The molecule has 0 heterocycles. The van der Waals surface area contributed by atoms with E-state index in [0.717, 1.165) is 0 Å². The molecule has 164 valence electrons. The van der Waals surface area contributed by atoms with Gasteiger partial charge in [0.1, 0.15) is 5.75 Å². The zero-order valence-electron chi connectivity index (χ0n) is 18.6. The summed E-state index contributed by atoms with van der Waals surface area (Å²) in [6, 6.07) is 15.3. The average Bonchev–Trinajstić information content (AvgIpc) is 2.82. The Balaban J connectivity index is 2.11. The van der Waals surface area contributed by atoms with E-state index in [1.807, 2.05) is 6.07 Å². The van der Waals surface area contributed by atoms with Crippen molar-refractivity contribution < 1.29 is 28.4 Å². The number of aryl methyl sites for hydroxylation is 1. The molecule has 6 nitrogen and oxygen atoms in total. The molecule has 0 radical (unpaired) electrons. The molecule has 0 spiro atoms. The van der Waals surface area contributed by atoms with Crippen molar-refractivity contribution in [3.8, 4) is 17.2 Å². The summed E-state index contributed by atoms with van der Waals surface area (Å²) in [5.74, 6) is 0.693. The van der Waals surface area contributed by atoms with E-state index < -0.39 is 13.3 Å². The smallest absolute Gasteiger partial charge is 0.466 e. The Morgan fingerprint density at radius 1 is 0.812 bits per heavy atom. The largest absolute Gasteiger partial charge is 0.496 e. The minimum Gasteiger partial charge on any atom is -0.496 e. The van der Waals surface area contributed by atoms with Crippen LogP contribution in [0.2, 0.25) is 0 Å². The molecule has 3 aromatic rings. The van der Waals surface area contributed by atoms with Crippen LogP contribution < -0.4 is 19.5 Å². The van der Waals surface area contributed by atoms with E-state index >= 15 is 0 Å². The zero-order chi connectivity index (χ0) is 23.4. The van der Waals surface area contributed by atoms with Gasteiger partial charge in [0.15, 0.2) is 17.3 Å². The molecule has 1 unspecified atom stereocenters. The van der Waals surface area contributed by atoms with Gasteiger partial charge in [0, 0.05) is 23.3 Å². The molecule has 0 aromatic heterocycles. The van der Waals surface area contributed by atoms with E-state index in [0.29, 0.717) is 28.0 Å². The molecule has 0 aliphatic carbocycles. The maximum absolute atomic E-state index is 13.5. The molecule has 0 amide bonds. The maximum atomic E-state index is 13.5. The summed E-state index contributed by atoms with van der Waals surface area (Å²) < 4.78 is 29.4. The van der Waals surface area contributed by atoms with Crippen LogP contribution in [-0.2, 0) is 4.57 Å². The molecule has 0 saturated carbocycles. The van der Waals surface area contributed by atoms with Gasteiger partial charge < -0.3 is 14.2 Å². The Morgan fingerprint density at radius 2 is 1.41 bits per heavy atom. The van der Waals surface area contributed by atoms with Crippen molar-refractivity contribution in [1.29, 1.82) is 0 Å². The van der Waals surface area contributed by atoms with Gasteiger partial charge in [-0.25, -0.2) is 4.79 Å². The van der Waals surface area contributed by atoms with Crippen LogP contribution >= 0.6 is 7.80 Å². The van der Waals surface area contributed by atoms with Crippen LogP contribution in [0.4, 0.5) is 0 Å². The van der Waals surface area contributed by atoms with Crippen LogP contribution in [0, 0.1) is 13.8 Å². The van der Waals surface area contributed by atoms with E-state index in [4.69, 9.17) is 14.2 Å². The van der Waals surface area contributed by atoms with Crippen LogP contribution in [0.5, 0.6) is 17.2 Å². The number of hydrogen-bond acceptors (Lipinski definition) is 6. The Morgan fingerprint density at radius 3 is 1.94 bits per heavy atom. The summed E-state index contributed by atoms with van der Waals surface area (Å²) >= 11 is 0. The highest BCUT2D eigenvalue weighted by molar-refractivity contribution is 7.72. The van der Waals surface area contributed by atoms with Gasteiger partial charge in [-0.15, -0.1) is 0 Å². The fourth-order valence-electron chi connectivity index (χ4n) is 3.56. The number of carbonyl (C=O) groups is 2. The molecule has 0 saturated heterocycles. The fourth-order valence-corrected chi connectivity index (χ4v) is 5.02. The van der Waals surface area contributed by atoms with Crippen molar-refractivity contribution in [3.63, 3.8) is 0 Å². The summed E-state index contributed by atoms with van der Waals surface area (Å²) in [7, 11) is 1.71. The highest BCUT2D eigenvalue weighted by Gasteiger charge is 2.41. The van der Waals surface area contributed by atoms with E-state index in [9.17, 15) is 14.2 Å². The number of rotatable bonds is 8. The van der Waals surface area contributed by atoms with E-state index in [1.165, 1.54) is 21.3 Å².